The summed E-state index contributed by atoms with van der Waals surface area (Å²) in [5.41, 5.74) is 2.67. The molecule has 0 unspecified atom stereocenters. The van der Waals surface area contributed by atoms with Crippen LogP contribution in [0.1, 0.15) is 17.8 Å². The number of hydrogen-bond donors (Lipinski definition) is 6. The summed E-state index contributed by atoms with van der Waals surface area (Å²) in [6.45, 7) is 1.66. The van der Waals surface area contributed by atoms with Crippen LogP contribution in [0.2, 0.25) is 5.02 Å². The lowest BCUT2D eigenvalue weighted by molar-refractivity contribution is 0.404. The number of nitrogens with zero attached hydrogens (tertiary/aromatic N) is 3. The molecule has 0 spiro atoms. The number of anilines is 4. The summed E-state index contributed by atoms with van der Waals surface area (Å²) in [4.78, 5) is 12.9. The van der Waals surface area contributed by atoms with Gasteiger partial charge in [0.05, 0.1) is 22.0 Å². The van der Waals surface area contributed by atoms with E-state index < -0.39 is 20.0 Å². The molecule has 0 saturated carbocycles. The molecule has 0 atom stereocenters. The second-order valence-electron chi connectivity index (χ2n) is 10.0. The van der Waals surface area contributed by atoms with Crippen LogP contribution in [0.4, 0.5) is 22.5 Å². The lowest BCUT2D eigenvalue weighted by Crippen LogP contribution is -2.18. The molecule has 5 rings (SSSR count). The third-order valence-corrected chi connectivity index (χ3v) is 10.1. The quantitative estimate of drug-likeness (QED) is 0.0883. The number of nitrogens with one attached hydrogen (secondary N) is 3. The summed E-state index contributed by atoms with van der Waals surface area (Å²) in [6, 6.07) is 16.0. The summed E-state index contributed by atoms with van der Waals surface area (Å²) in [5, 5.41) is 34.8. The van der Waals surface area contributed by atoms with Crippen LogP contribution in [0.25, 0.3) is 11.3 Å². The average Bonchev–Trinajstić information content (AvgIpc) is 3.44. The first kappa shape index (κ1) is 32.7. The van der Waals surface area contributed by atoms with Gasteiger partial charge in [-0.25, -0.2) is 36.5 Å². The molecule has 6 N–H and O–H groups in total. The molecule has 3 aromatic carbocycles. The Hall–Kier alpha value is -4.64. The number of phenols is 3. The summed E-state index contributed by atoms with van der Waals surface area (Å²) in [5.74, 6) is -1.19. The van der Waals surface area contributed by atoms with Crippen molar-refractivity contribution in [3.05, 3.63) is 88.5 Å². The Morgan fingerprint density at radius 3 is 2.30 bits per heavy atom. The van der Waals surface area contributed by atoms with Crippen molar-refractivity contribution < 1.29 is 32.2 Å². The van der Waals surface area contributed by atoms with Crippen molar-refractivity contribution in [2.75, 3.05) is 20.5 Å². The van der Waals surface area contributed by atoms with E-state index in [4.69, 9.17) is 11.6 Å². The summed E-state index contributed by atoms with van der Waals surface area (Å²) in [6.07, 6.45) is 0.374. The third-order valence-electron chi connectivity index (χ3n) is 6.39. The van der Waals surface area contributed by atoms with Crippen molar-refractivity contribution in [3.8, 4) is 28.5 Å². The van der Waals surface area contributed by atoms with Gasteiger partial charge < -0.3 is 20.6 Å². The van der Waals surface area contributed by atoms with Crippen LogP contribution < -0.4 is 14.8 Å². The first-order valence-corrected chi connectivity index (χ1v) is 17.9. The fourth-order valence-corrected chi connectivity index (χ4v) is 7.21. The second-order valence-corrected chi connectivity index (χ2v) is 14.8. The molecule has 0 aliphatic rings. The molecule has 0 aliphatic heterocycles. The van der Waals surface area contributed by atoms with Gasteiger partial charge in [-0.05, 0) is 86.5 Å². The molecule has 0 saturated heterocycles. The SMILES string of the molecule is Cc1cc(CCCS(=O)(=O)Nc2cc(Cl)ccc2O)nc(NS(=O)(=O)c2ccc(Nc3nc(-c4ccc(O)c(O)c4)cs3)cc2)n1. The summed E-state index contributed by atoms with van der Waals surface area (Å²) >= 11 is 7.19. The van der Waals surface area contributed by atoms with Crippen LogP contribution in [-0.4, -0.2) is 52.9 Å². The number of sulfonamides is 2. The summed E-state index contributed by atoms with van der Waals surface area (Å²) < 4.78 is 55.9. The minimum atomic E-state index is -4.06. The molecule has 13 nitrogen and oxygen atoms in total. The van der Waals surface area contributed by atoms with Gasteiger partial charge in [-0.1, -0.05) is 11.6 Å². The maximum absolute atomic E-state index is 13.1. The van der Waals surface area contributed by atoms with Crippen molar-refractivity contribution in [2.45, 2.75) is 24.7 Å². The van der Waals surface area contributed by atoms with Gasteiger partial charge >= 0.3 is 0 Å². The zero-order chi connectivity index (χ0) is 33.1. The number of hydrogen-bond acceptors (Lipinski definition) is 12. The van der Waals surface area contributed by atoms with Gasteiger partial charge in [-0.3, -0.25) is 4.72 Å². The standard InChI is InChI=1S/C29H27ClN6O7S3/c1-17-13-21(3-2-12-45(40,41)35-23-15-19(30)5-11-25(23)37)32-28(31-17)36-46(42,43)22-8-6-20(7-9-22)33-29-34-24(16-44-29)18-4-10-26(38)27(39)14-18/h4-11,13-16,35,37-39H,2-3,12H2,1H3,(H,33,34)(H,31,32,36). The zero-order valence-electron chi connectivity index (χ0n) is 24.0. The number of halogens is 1. The molecule has 5 aromatic rings. The second kappa shape index (κ2) is 13.4. The normalized spacial score (nSPS) is 11.7. The largest absolute Gasteiger partial charge is 0.506 e. The van der Waals surface area contributed by atoms with Gasteiger partial charge in [-0.2, -0.15) is 0 Å². The Bertz CT molecular complexity index is 2110. The molecule has 2 heterocycles. The molecule has 0 bridgehead atoms. The van der Waals surface area contributed by atoms with Gasteiger partial charge in [0.2, 0.25) is 16.0 Å². The van der Waals surface area contributed by atoms with E-state index >= 15 is 0 Å². The lowest BCUT2D eigenvalue weighted by Gasteiger charge is -2.11. The molecular formula is C29H27ClN6O7S3. The highest BCUT2D eigenvalue weighted by Gasteiger charge is 2.18. The highest BCUT2D eigenvalue weighted by molar-refractivity contribution is 7.93. The van der Waals surface area contributed by atoms with E-state index in [1.807, 2.05) is 0 Å². The van der Waals surface area contributed by atoms with Crippen LogP contribution >= 0.6 is 22.9 Å². The van der Waals surface area contributed by atoms with Crippen LogP contribution in [0.3, 0.4) is 0 Å². The van der Waals surface area contributed by atoms with Gasteiger partial charge in [-0.15, -0.1) is 11.3 Å². The molecule has 0 fully saturated rings. The van der Waals surface area contributed by atoms with Crippen LogP contribution in [0, 0.1) is 6.92 Å². The molecule has 0 aliphatic carbocycles. The van der Waals surface area contributed by atoms with Crippen molar-refractivity contribution >= 4 is 65.4 Å². The third kappa shape index (κ3) is 8.33. The average molecular weight is 703 g/mol. The number of thiazole rings is 1. The maximum Gasteiger partial charge on any atom is 0.264 e. The Labute approximate surface area is 273 Å². The number of aromatic nitrogens is 3. The van der Waals surface area contributed by atoms with E-state index in [0.717, 1.165) is 0 Å². The molecular weight excluding hydrogens is 676 g/mol. The first-order chi connectivity index (χ1) is 21.8. The smallest absolute Gasteiger partial charge is 0.264 e. The Morgan fingerprint density at radius 2 is 1.57 bits per heavy atom. The van der Waals surface area contributed by atoms with Crippen molar-refractivity contribution in [2.24, 2.45) is 0 Å². The van der Waals surface area contributed by atoms with E-state index in [1.165, 1.54) is 53.8 Å². The predicted octanol–water partition coefficient (Wildman–Crippen LogP) is 5.60. The molecule has 0 radical (unpaired) electrons. The highest BCUT2D eigenvalue weighted by Crippen LogP contribution is 2.33. The predicted molar refractivity (Wildman–Crippen MR) is 177 cm³/mol. The Kier molecular flexibility index (Phi) is 9.52. The number of phenolic OH excluding ortho intramolecular Hbond substituents is 3. The molecule has 2 aromatic heterocycles. The van der Waals surface area contributed by atoms with Crippen molar-refractivity contribution in [1.29, 1.82) is 0 Å². The van der Waals surface area contributed by atoms with E-state index in [1.54, 1.807) is 36.6 Å². The Balaban J connectivity index is 1.19. The summed E-state index contributed by atoms with van der Waals surface area (Å²) in [7, 11) is -7.88. The Morgan fingerprint density at radius 1 is 0.826 bits per heavy atom. The maximum atomic E-state index is 13.1. The number of benzene rings is 3. The monoisotopic (exact) mass is 702 g/mol. The number of aromatic hydroxyl groups is 3. The van der Waals surface area contributed by atoms with E-state index in [-0.39, 0.29) is 57.4 Å². The van der Waals surface area contributed by atoms with Crippen LogP contribution in [0.5, 0.6) is 17.2 Å². The van der Waals surface area contributed by atoms with Gasteiger partial charge in [0.25, 0.3) is 10.0 Å². The van der Waals surface area contributed by atoms with E-state index in [2.05, 4.69) is 29.7 Å². The minimum absolute atomic E-state index is 0.0317. The van der Waals surface area contributed by atoms with Crippen LogP contribution in [-0.2, 0) is 26.5 Å². The molecule has 240 valence electrons. The fraction of sp³-hybridized carbons (Fsp3) is 0.138. The minimum Gasteiger partial charge on any atom is -0.506 e. The fourth-order valence-electron chi connectivity index (χ4n) is 4.23. The number of aryl methyl sites for hydroxylation is 2. The van der Waals surface area contributed by atoms with Crippen LogP contribution in [0.15, 0.2) is 77.0 Å². The molecule has 17 heteroatoms. The van der Waals surface area contributed by atoms with Gasteiger partial charge in [0, 0.05) is 33.0 Å². The van der Waals surface area contributed by atoms with Gasteiger partial charge in [0.15, 0.2) is 16.6 Å². The molecule has 46 heavy (non-hydrogen) atoms. The van der Waals surface area contributed by atoms with E-state index in [9.17, 15) is 32.2 Å². The van der Waals surface area contributed by atoms with E-state index in [0.29, 0.717) is 33.5 Å². The van der Waals surface area contributed by atoms with Crippen molar-refractivity contribution in [1.82, 2.24) is 15.0 Å². The lowest BCUT2D eigenvalue weighted by atomic mass is 10.1. The topological polar surface area (TPSA) is 204 Å². The highest BCUT2D eigenvalue weighted by atomic mass is 35.5. The molecule has 0 amide bonds. The first-order valence-electron chi connectivity index (χ1n) is 13.5. The zero-order valence-corrected chi connectivity index (χ0v) is 27.2. The van der Waals surface area contributed by atoms with Gasteiger partial charge in [0.1, 0.15) is 5.75 Å². The van der Waals surface area contributed by atoms with Crippen molar-refractivity contribution in [3.63, 3.8) is 0 Å². The number of rotatable bonds is 12.